The van der Waals surface area contributed by atoms with Crippen molar-refractivity contribution in [1.82, 2.24) is 5.32 Å². The molecule has 0 fully saturated rings. The van der Waals surface area contributed by atoms with E-state index in [1.165, 1.54) is 7.11 Å². The van der Waals surface area contributed by atoms with Crippen molar-refractivity contribution in [1.29, 1.82) is 0 Å². The fourth-order valence-electron chi connectivity index (χ4n) is 1.60. The van der Waals surface area contributed by atoms with Gasteiger partial charge in [0.15, 0.2) is 6.04 Å². The summed E-state index contributed by atoms with van der Waals surface area (Å²) in [5.74, 6) is -1.58. The number of hydrogen-bond donors (Lipinski definition) is 2. The first-order valence-corrected chi connectivity index (χ1v) is 6.67. The fourth-order valence-corrected chi connectivity index (χ4v) is 1.60. The van der Waals surface area contributed by atoms with Crippen molar-refractivity contribution >= 4 is 11.9 Å². The monoisotopic (exact) mass is 295 g/mol. The minimum absolute atomic E-state index is 0.0820. The van der Waals surface area contributed by atoms with Crippen LogP contribution in [0.5, 0.6) is 0 Å². The summed E-state index contributed by atoms with van der Waals surface area (Å²) in [4.78, 5) is 22.9. The van der Waals surface area contributed by atoms with Gasteiger partial charge in [0.05, 0.1) is 19.3 Å². The number of benzene rings is 1. The van der Waals surface area contributed by atoms with E-state index in [9.17, 15) is 9.59 Å². The van der Waals surface area contributed by atoms with E-state index in [0.717, 1.165) is 5.56 Å². The molecule has 1 aromatic rings. The number of aliphatic carboxylic acids is 1. The van der Waals surface area contributed by atoms with Crippen LogP contribution >= 0.6 is 0 Å². The zero-order valence-electron chi connectivity index (χ0n) is 12.5. The van der Waals surface area contributed by atoms with E-state index in [1.54, 1.807) is 24.3 Å². The molecule has 0 aromatic heterocycles. The second kappa shape index (κ2) is 8.39. The third kappa shape index (κ3) is 5.93. The number of hydrogen-bond acceptors (Lipinski definition) is 4. The summed E-state index contributed by atoms with van der Waals surface area (Å²) in [6, 6.07) is 5.78. The molecule has 0 spiro atoms. The van der Waals surface area contributed by atoms with Gasteiger partial charge in [-0.1, -0.05) is 12.1 Å². The first-order chi connectivity index (χ1) is 9.93. The molecule has 0 heterocycles. The normalized spacial score (nSPS) is 12.2. The highest BCUT2D eigenvalue weighted by Gasteiger charge is 2.20. The SMILES string of the molecule is COCC(NC(=O)c1ccc(COC(C)C)cc1)C(=O)O. The number of carboxylic acid groups (broad SMARTS) is 1. The number of nitrogens with one attached hydrogen (secondary N) is 1. The van der Waals surface area contributed by atoms with Crippen LogP contribution in [-0.2, 0) is 20.9 Å². The van der Waals surface area contributed by atoms with Gasteiger partial charge in [-0.25, -0.2) is 4.79 Å². The van der Waals surface area contributed by atoms with Crippen LogP contribution in [0.15, 0.2) is 24.3 Å². The molecule has 0 aliphatic heterocycles. The molecular formula is C15H21NO5. The van der Waals surface area contributed by atoms with Gasteiger partial charge in [0.2, 0.25) is 0 Å². The van der Waals surface area contributed by atoms with Crippen molar-refractivity contribution in [2.75, 3.05) is 13.7 Å². The Kier molecular flexibility index (Phi) is 6.84. The highest BCUT2D eigenvalue weighted by Crippen LogP contribution is 2.07. The largest absolute Gasteiger partial charge is 0.480 e. The van der Waals surface area contributed by atoms with Gasteiger partial charge in [0, 0.05) is 12.7 Å². The smallest absolute Gasteiger partial charge is 0.328 e. The molecule has 1 unspecified atom stereocenters. The molecule has 0 bridgehead atoms. The summed E-state index contributed by atoms with van der Waals surface area (Å²) < 4.78 is 10.2. The number of carbonyl (C=O) groups is 2. The van der Waals surface area contributed by atoms with Crippen molar-refractivity contribution in [2.24, 2.45) is 0 Å². The summed E-state index contributed by atoms with van der Waals surface area (Å²) >= 11 is 0. The van der Waals surface area contributed by atoms with Crippen LogP contribution in [-0.4, -0.2) is 42.8 Å². The van der Waals surface area contributed by atoms with Crippen LogP contribution in [0.4, 0.5) is 0 Å². The lowest BCUT2D eigenvalue weighted by Gasteiger charge is -2.13. The van der Waals surface area contributed by atoms with Crippen LogP contribution in [0.25, 0.3) is 0 Å². The van der Waals surface area contributed by atoms with Gasteiger partial charge in [0.1, 0.15) is 0 Å². The van der Waals surface area contributed by atoms with Gasteiger partial charge in [-0.3, -0.25) is 4.79 Å². The third-order valence-corrected chi connectivity index (χ3v) is 2.74. The topological polar surface area (TPSA) is 84.9 Å². The quantitative estimate of drug-likeness (QED) is 0.758. The van der Waals surface area contributed by atoms with Gasteiger partial charge in [0.25, 0.3) is 5.91 Å². The maximum Gasteiger partial charge on any atom is 0.328 e. The predicted molar refractivity (Wildman–Crippen MR) is 77.1 cm³/mol. The van der Waals surface area contributed by atoms with E-state index in [-0.39, 0.29) is 12.7 Å². The zero-order valence-corrected chi connectivity index (χ0v) is 12.5. The van der Waals surface area contributed by atoms with Crippen molar-refractivity contribution in [3.05, 3.63) is 35.4 Å². The zero-order chi connectivity index (χ0) is 15.8. The Morgan fingerprint density at radius 3 is 2.33 bits per heavy atom. The molecule has 1 aromatic carbocycles. The van der Waals surface area contributed by atoms with Crippen molar-refractivity contribution in [2.45, 2.75) is 32.6 Å². The maximum absolute atomic E-state index is 12.0. The molecule has 0 aliphatic carbocycles. The van der Waals surface area contributed by atoms with E-state index in [1.807, 2.05) is 13.8 Å². The lowest BCUT2D eigenvalue weighted by atomic mass is 10.1. The van der Waals surface area contributed by atoms with E-state index >= 15 is 0 Å². The molecule has 1 rings (SSSR count). The molecule has 2 N–H and O–H groups in total. The van der Waals surface area contributed by atoms with Gasteiger partial charge in [-0.05, 0) is 31.5 Å². The molecule has 6 heteroatoms. The van der Waals surface area contributed by atoms with Crippen LogP contribution < -0.4 is 5.32 Å². The molecule has 0 saturated heterocycles. The van der Waals surface area contributed by atoms with Crippen molar-refractivity contribution < 1.29 is 24.2 Å². The number of amides is 1. The number of carbonyl (C=O) groups excluding carboxylic acids is 1. The molecule has 0 aliphatic rings. The second-order valence-corrected chi connectivity index (χ2v) is 4.88. The predicted octanol–water partition coefficient (Wildman–Crippen LogP) is 1.44. The summed E-state index contributed by atoms with van der Waals surface area (Å²) in [5.41, 5.74) is 1.34. The fraction of sp³-hybridized carbons (Fsp3) is 0.467. The van der Waals surface area contributed by atoms with Crippen LogP contribution in [0.3, 0.4) is 0 Å². The van der Waals surface area contributed by atoms with E-state index < -0.39 is 17.9 Å². The van der Waals surface area contributed by atoms with Gasteiger partial charge < -0.3 is 19.9 Å². The molecular weight excluding hydrogens is 274 g/mol. The lowest BCUT2D eigenvalue weighted by Crippen LogP contribution is -2.43. The van der Waals surface area contributed by atoms with E-state index in [4.69, 9.17) is 14.6 Å². The maximum atomic E-state index is 12.0. The van der Waals surface area contributed by atoms with Crippen molar-refractivity contribution in [3.8, 4) is 0 Å². The van der Waals surface area contributed by atoms with E-state index in [0.29, 0.717) is 12.2 Å². The molecule has 0 radical (unpaired) electrons. The molecule has 0 saturated carbocycles. The second-order valence-electron chi connectivity index (χ2n) is 4.88. The number of methoxy groups -OCH3 is 1. The Hall–Kier alpha value is -1.92. The number of ether oxygens (including phenoxy) is 2. The minimum Gasteiger partial charge on any atom is -0.480 e. The molecule has 116 valence electrons. The summed E-state index contributed by atoms with van der Waals surface area (Å²) in [6.07, 6.45) is 0.137. The van der Waals surface area contributed by atoms with Crippen molar-refractivity contribution in [3.63, 3.8) is 0 Å². The Balaban J connectivity index is 2.63. The summed E-state index contributed by atoms with van der Waals surface area (Å²) in [6.45, 7) is 4.29. The van der Waals surface area contributed by atoms with Crippen LogP contribution in [0, 0.1) is 0 Å². The van der Waals surface area contributed by atoms with Gasteiger partial charge in [-0.2, -0.15) is 0 Å². The lowest BCUT2D eigenvalue weighted by molar-refractivity contribution is -0.140. The number of rotatable bonds is 8. The molecule has 1 atom stereocenters. The standard InChI is InChI=1S/C15H21NO5/c1-10(2)21-8-11-4-6-12(7-5-11)14(17)16-13(9-20-3)15(18)19/h4-7,10,13H,8-9H2,1-3H3,(H,16,17)(H,18,19). The third-order valence-electron chi connectivity index (χ3n) is 2.74. The highest BCUT2D eigenvalue weighted by molar-refractivity contribution is 5.96. The van der Waals surface area contributed by atoms with Gasteiger partial charge >= 0.3 is 5.97 Å². The van der Waals surface area contributed by atoms with Gasteiger partial charge in [-0.15, -0.1) is 0 Å². The highest BCUT2D eigenvalue weighted by atomic mass is 16.5. The molecule has 6 nitrogen and oxygen atoms in total. The molecule has 1 amide bonds. The summed E-state index contributed by atoms with van der Waals surface area (Å²) in [7, 11) is 1.38. The first kappa shape index (κ1) is 17.1. The Morgan fingerprint density at radius 2 is 1.86 bits per heavy atom. The van der Waals surface area contributed by atoms with E-state index in [2.05, 4.69) is 5.32 Å². The Labute approximate surface area is 124 Å². The van der Waals surface area contributed by atoms with Crippen LogP contribution in [0.1, 0.15) is 29.8 Å². The minimum atomic E-state index is -1.13. The average molecular weight is 295 g/mol. The van der Waals surface area contributed by atoms with Crippen LogP contribution in [0.2, 0.25) is 0 Å². The Morgan fingerprint density at radius 1 is 1.24 bits per heavy atom. The Bertz CT molecular complexity index is 469. The molecule has 21 heavy (non-hydrogen) atoms. The first-order valence-electron chi connectivity index (χ1n) is 6.67. The summed E-state index contributed by atoms with van der Waals surface area (Å²) in [5, 5.41) is 11.4. The number of carboxylic acids is 1. The average Bonchev–Trinajstić information content (AvgIpc) is 2.45.